The molecule has 25 heavy (non-hydrogen) atoms. The minimum absolute atomic E-state index is 0.0130. The first-order chi connectivity index (χ1) is 11.9. The monoisotopic (exact) mass is 384 g/mol. The second-order valence-electron chi connectivity index (χ2n) is 5.95. The van der Waals surface area contributed by atoms with E-state index in [9.17, 15) is 18.0 Å². The van der Waals surface area contributed by atoms with Gasteiger partial charge in [0.25, 0.3) is 5.24 Å². The summed E-state index contributed by atoms with van der Waals surface area (Å²) in [7, 11) is -3.64. The van der Waals surface area contributed by atoms with Crippen LogP contribution in [0.1, 0.15) is 38.2 Å². The van der Waals surface area contributed by atoms with E-state index in [1.165, 1.54) is 19.3 Å². The fourth-order valence-corrected chi connectivity index (χ4v) is 4.34. The Balaban J connectivity index is 1.84. The van der Waals surface area contributed by atoms with Gasteiger partial charge in [0.1, 0.15) is 0 Å². The van der Waals surface area contributed by atoms with E-state index in [0.717, 1.165) is 35.1 Å². The summed E-state index contributed by atoms with van der Waals surface area (Å²) < 4.78 is 27.0. The number of unbranched alkanes of at least 4 members (excludes halogenated alkanes) is 3. The average molecular weight is 385 g/mol. The maximum Gasteiger partial charge on any atom is 0.288 e. The van der Waals surface area contributed by atoms with Crippen LogP contribution >= 0.6 is 11.8 Å². The number of benzene rings is 1. The van der Waals surface area contributed by atoms with Crippen molar-refractivity contribution in [3.05, 3.63) is 29.8 Å². The number of thioether (sulfide) groups is 1. The summed E-state index contributed by atoms with van der Waals surface area (Å²) in [6.07, 6.45) is 5.65. The highest BCUT2D eigenvalue weighted by molar-refractivity contribution is 8.14. The molecule has 138 valence electrons. The number of sulfonamides is 1. The van der Waals surface area contributed by atoms with Crippen LogP contribution in [-0.2, 0) is 21.2 Å². The van der Waals surface area contributed by atoms with Crippen molar-refractivity contribution in [2.45, 2.75) is 43.9 Å². The summed E-state index contributed by atoms with van der Waals surface area (Å²) in [5.41, 5.74) is 1.13. The molecule has 0 saturated carbocycles. The van der Waals surface area contributed by atoms with Crippen molar-refractivity contribution >= 4 is 32.9 Å². The molecule has 0 bridgehead atoms. The Morgan fingerprint density at radius 2 is 1.84 bits per heavy atom. The van der Waals surface area contributed by atoms with Crippen LogP contribution < -0.4 is 4.72 Å². The third-order valence-electron chi connectivity index (χ3n) is 4.02. The highest BCUT2D eigenvalue weighted by Gasteiger charge is 2.29. The third-order valence-corrected chi connectivity index (χ3v) is 6.36. The number of hydrogen-bond donors (Lipinski definition) is 1. The number of nitrogens with one attached hydrogen (secondary N) is 1. The molecule has 6 nitrogen and oxygen atoms in total. The third kappa shape index (κ3) is 5.83. The molecule has 2 rings (SSSR count). The molecule has 1 saturated heterocycles. The molecule has 8 heteroatoms. The highest BCUT2D eigenvalue weighted by Crippen LogP contribution is 2.18. The summed E-state index contributed by atoms with van der Waals surface area (Å²) in [6, 6.07) is 6.87. The molecule has 0 unspecified atom stereocenters. The standard InChI is InChI=1S/C17H24N2O4S2/c1-2-3-4-5-6-14-7-9-15(10-8-14)25(22,23)18-11-12-19-16(20)13-24-17(19)21/h7-10,18H,2-6,11-13H2,1H3. The molecule has 0 aromatic heterocycles. The molecule has 0 aliphatic carbocycles. The number of hydrogen-bond acceptors (Lipinski definition) is 5. The van der Waals surface area contributed by atoms with Crippen LogP contribution in [0.25, 0.3) is 0 Å². The largest absolute Gasteiger partial charge is 0.288 e. The van der Waals surface area contributed by atoms with Gasteiger partial charge in [0.2, 0.25) is 15.9 Å². The van der Waals surface area contributed by atoms with Crippen LogP contribution in [0.4, 0.5) is 4.79 Å². The summed E-state index contributed by atoms with van der Waals surface area (Å²) in [5, 5.41) is -0.323. The molecule has 2 amide bonds. The Labute approximate surface area is 153 Å². The van der Waals surface area contributed by atoms with Gasteiger partial charge in [0, 0.05) is 13.1 Å². The molecule has 0 atom stereocenters. The molecule has 1 fully saturated rings. The molecular weight excluding hydrogens is 360 g/mol. The van der Waals surface area contributed by atoms with Crippen LogP contribution in [0.3, 0.4) is 0 Å². The second-order valence-corrected chi connectivity index (χ2v) is 8.65. The predicted molar refractivity (Wildman–Crippen MR) is 99.0 cm³/mol. The van der Waals surface area contributed by atoms with Crippen LogP contribution in [-0.4, -0.2) is 43.3 Å². The quantitative estimate of drug-likeness (QED) is 0.627. The van der Waals surface area contributed by atoms with Crippen molar-refractivity contribution < 1.29 is 18.0 Å². The molecular formula is C17H24N2O4S2. The van der Waals surface area contributed by atoms with E-state index in [1.807, 2.05) is 12.1 Å². The van der Waals surface area contributed by atoms with Gasteiger partial charge in [-0.05, 0) is 30.5 Å². The van der Waals surface area contributed by atoms with E-state index >= 15 is 0 Å². The van der Waals surface area contributed by atoms with Gasteiger partial charge in [-0.15, -0.1) is 0 Å². The van der Waals surface area contributed by atoms with Crippen molar-refractivity contribution in [1.82, 2.24) is 9.62 Å². The zero-order valence-electron chi connectivity index (χ0n) is 14.4. The van der Waals surface area contributed by atoms with Gasteiger partial charge in [-0.1, -0.05) is 50.1 Å². The Hall–Kier alpha value is -1.38. The number of rotatable bonds is 10. The molecule has 1 aliphatic heterocycles. The number of nitrogens with zero attached hydrogens (tertiary/aromatic N) is 1. The predicted octanol–water partition coefficient (Wildman–Crippen LogP) is 2.78. The summed E-state index contributed by atoms with van der Waals surface area (Å²) in [6.45, 7) is 2.24. The van der Waals surface area contributed by atoms with E-state index in [4.69, 9.17) is 0 Å². The first-order valence-electron chi connectivity index (χ1n) is 8.50. The van der Waals surface area contributed by atoms with Crippen LogP contribution in [0.5, 0.6) is 0 Å². The van der Waals surface area contributed by atoms with Crippen LogP contribution in [0.15, 0.2) is 29.2 Å². The minimum Gasteiger partial charge on any atom is -0.273 e. The van der Waals surface area contributed by atoms with Crippen molar-refractivity contribution in [1.29, 1.82) is 0 Å². The van der Waals surface area contributed by atoms with Gasteiger partial charge in [-0.2, -0.15) is 0 Å². The Bertz CT molecular complexity index is 686. The van der Waals surface area contributed by atoms with E-state index in [-0.39, 0.29) is 34.9 Å². The van der Waals surface area contributed by atoms with Gasteiger partial charge in [-0.25, -0.2) is 13.1 Å². The first-order valence-corrected chi connectivity index (χ1v) is 11.0. The SMILES string of the molecule is CCCCCCc1ccc(S(=O)(=O)NCCN2C(=O)CSC2=O)cc1. The Morgan fingerprint density at radius 1 is 1.12 bits per heavy atom. The maximum atomic E-state index is 12.3. The van der Waals surface area contributed by atoms with Crippen molar-refractivity contribution in [2.75, 3.05) is 18.8 Å². The fourth-order valence-electron chi connectivity index (χ4n) is 2.56. The first kappa shape index (κ1) is 19.9. The fraction of sp³-hybridized carbons (Fsp3) is 0.529. The number of amides is 2. The second kappa shape index (κ2) is 9.35. The van der Waals surface area contributed by atoms with E-state index in [1.54, 1.807) is 12.1 Å². The van der Waals surface area contributed by atoms with Crippen LogP contribution in [0, 0.1) is 0 Å². The summed E-state index contributed by atoms with van der Waals surface area (Å²) >= 11 is 0.939. The number of aryl methyl sites for hydroxylation is 1. The van der Waals surface area contributed by atoms with Gasteiger partial charge in [-0.3, -0.25) is 14.5 Å². The molecule has 1 aromatic rings. The van der Waals surface area contributed by atoms with Gasteiger partial charge in [0.05, 0.1) is 10.6 Å². The lowest BCUT2D eigenvalue weighted by Gasteiger charge is -2.13. The molecule has 1 N–H and O–H groups in total. The van der Waals surface area contributed by atoms with Crippen LogP contribution in [0.2, 0.25) is 0 Å². The normalized spacial score (nSPS) is 15.2. The molecule has 0 radical (unpaired) electrons. The van der Waals surface area contributed by atoms with E-state index in [0.29, 0.717) is 0 Å². The lowest BCUT2D eigenvalue weighted by atomic mass is 10.1. The number of imide groups is 1. The Kier molecular flexibility index (Phi) is 7.46. The molecule has 1 aromatic carbocycles. The van der Waals surface area contributed by atoms with Crippen molar-refractivity contribution in [2.24, 2.45) is 0 Å². The van der Waals surface area contributed by atoms with Crippen molar-refractivity contribution in [3.63, 3.8) is 0 Å². The summed E-state index contributed by atoms with van der Waals surface area (Å²) in [5.74, 6) is -0.146. The lowest BCUT2D eigenvalue weighted by Crippen LogP contribution is -2.37. The average Bonchev–Trinajstić information content (AvgIpc) is 2.91. The molecule has 0 spiro atoms. The topological polar surface area (TPSA) is 83.6 Å². The smallest absolute Gasteiger partial charge is 0.273 e. The number of carbonyl (C=O) groups excluding carboxylic acids is 2. The van der Waals surface area contributed by atoms with Crippen molar-refractivity contribution in [3.8, 4) is 0 Å². The summed E-state index contributed by atoms with van der Waals surface area (Å²) in [4.78, 5) is 24.2. The lowest BCUT2D eigenvalue weighted by molar-refractivity contribution is -0.124. The van der Waals surface area contributed by atoms with E-state index in [2.05, 4.69) is 11.6 Å². The number of carbonyl (C=O) groups is 2. The van der Waals surface area contributed by atoms with E-state index < -0.39 is 10.0 Å². The zero-order chi connectivity index (χ0) is 18.3. The van der Waals surface area contributed by atoms with Gasteiger partial charge in [0.15, 0.2) is 0 Å². The Morgan fingerprint density at radius 3 is 2.44 bits per heavy atom. The van der Waals surface area contributed by atoms with Gasteiger partial charge >= 0.3 is 0 Å². The highest BCUT2D eigenvalue weighted by atomic mass is 32.2. The zero-order valence-corrected chi connectivity index (χ0v) is 16.0. The molecule has 1 aliphatic rings. The molecule has 1 heterocycles. The minimum atomic E-state index is -3.64. The van der Waals surface area contributed by atoms with Gasteiger partial charge < -0.3 is 0 Å². The maximum absolute atomic E-state index is 12.3.